The van der Waals surface area contributed by atoms with Crippen LogP contribution >= 0.6 is 0 Å². The van der Waals surface area contributed by atoms with Gasteiger partial charge in [-0.15, -0.1) is 0 Å². The summed E-state index contributed by atoms with van der Waals surface area (Å²) in [5, 5.41) is 8.89. The fourth-order valence-corrected chi connectivity index (χ4v) is 1.69. The first-order valence-corrected chi connectivity index (χ1v) is 5.76. The van der Waals surface area contributed by atoms with E-state index in [-0.39, 0.29) is 5.41 Å². The number of rotatable bonds is 5. The lowest BCUT2D eigenvalue weighted by molar-refractivity contribution is 0.437. The number of hydrogen-bond donors (Lipinski definition) is 1. The Bertz CT molecular complexity index is 363. The summed E-state index contributed by atoms with van der Waals surface area (Å²) in [6.07, 6.45) is 1.94. The van der Waals surface area contributed by atoms with Gasteiger partial charge in [-0.1, -0.05) is 0 Å². The normalized spacial score (nSPS) is 11.2. The van der Waals surface area contributed by atoms with Crippen LogP contribution in [-0.4, -0.2) is 11.2 Å². The minimum Gasteiger partial charge on any atom is -0.326 e. The number of nitrogens with zero attached hydrogens (tertiary/aromatic N) is 2. The molecular weight excluding hydrogens is 198 g/mol. The molecule has 1 aromatic rings. The molecule has 1 aromatic heterocycles. The number of nitriles is 1. The van der Waals surface area contributed by atoms with Gasteiger partial charge in [0.25, 0.3) is 0 Å². The molecule has 0 aliphatic heterocycles. The molecule has 0 saturated carbocycles. The van der Waals surface area contributed by atoms with Crippen molar-refractivity contribution in [3.8, 4) is 6.07 Å². The van der Waals surface area contributed by atoms with Gasteiger partial charge >= 0.3 is 0 Å². The smallest absolute Gasteiger partial charge is 0.0683 e. The van der Waals surface area contributed by atoms with E-state index in [2.05, 4.69) is 42.2 Å². The Morgan fingerprint density at radius 2 is 1.88 bits per heavy atom. The Balaban J connectivity index is 2.35. The summed E-state index contributed by atoms with van der Waals surface area (Å²) < 4.78 is 2.10. The molecule has 0 atom stereocenters. The highest BCUT2D eigenvalue weighted by Gasteiger charge is 2.15. The molecule has 0 fully saturated rings. The summed E-state index contributed by atoms with van der Waals surface area (Å²) in [5.41, 5.74) is 5.60. The molecule has 0 aliphatic carbocycles. The zero-order chi connectivity index (χ0) is 12.2. The largest absolute Gasteiger partial charge is 0.326 e. The first kappa shape index (κ1) is 12.6. The third-order valence-electron chi connectivity index (χ3n) is 2.82. The van der Waals surface area contributed by atoms with Gasteiger partial charge in [0, 0.05) is 17.9 Å². The van der Waals surface area contributed by atoms with E-state index in [1.807, 2.05) is 13.8 Å². The summed E-state index contributed by atoms with van der Waals surface area (Å²) in [7, 11) is 0. The van der Waals surface area contributed by atoms with Gasteiger partial charge in [-0.3, -0.25) is 4.68 Å². The summed E-state index contributed by atoms with van der Waals surface area (Å²) >= 11 is 0. The molecule has 1 N–H and O–H groups in total. The molecule has 0 saturated heterocycles. The molecule has 88 valence electrons. The van der Waals surface area contributed by atoms with Crippen molar-refractivity contribution < 1.29 is 0 Å². The lowest BCUT2D eigenvalue weighted by atomic mass is 9.90. The van der Waals surface area contributed by atoms with Crippen LogP contribution in [0.4, 0.5) is 0 Å². The molecule has 0 aromatic carbocycles. The predicted molar refractivity (Wildman–Crippen MR) is 66.8 cm³/mol. The van der Waals surface area contributed by atoms with Gasteiger partial charge < -0.3 is 5.43 Å². The summed E-state index contributed by atoms with van der Waals surface area (Å²) in [6, 6.07) is 6.52. The van der Waals surface area contributed by atoms with E-state index in [1.54, 1.807) is 0 Å². The predicted octanol–water partition coefficient (Wildman–Crippen LogP) is 2.98. The van der Waals surface area contributed by atoms with Crippen molar-refractivity contribution >= 4 is 0 Å². The Morgan fingerprint density at radius 3 is 2.38 bits per heavy atom. The van der Waals surface area contributed by atoms with Crippen molar-refractivity contribution in [3.63, 3.8) is 0 Å². The molecule has 16 heavy (non-hydrogen) atoms. The first-order chi connectivity index (χ1) is 7.46. The molecule has 0 aliphatic rings. The number of aromatic nitrogens is 1. The first-order valence-electron chi connectivity index (χ1n) is 5.76. The van der Waals surface area contributed by atoms with Gasteiger partial charge in [0.15, 0.2) is 0 Å². The minimum atomic E-state index is -0.206. The Morgan fingerprint density at radius 1 is 1.31 bits per heavy atom. The molecule has 1 rings (SSSR count). The van der Waals surface area contributed by atoms with Crippen LogP contribution in [0.1, 0.15) is 38.1 Å². The van der Waals surface area contributed by atoms with Crippen LogP contribution in [0.5, 0.6) is 0 Å². The molecule has 1 heterocycles. The van der Waals surface area contributed by atoms with Crippen molar-refractivity contribution in [2.45, 2.75) is 40.5 Å². The van der Waals surface area contributed by atoms with Crippen LogP contribution in [-0.2, 0) is 0 Å². The molecule has 0 radical (unpaired) electrons. The monoisotopic (exact) mass is 219 g/mol. The van der Waals surface area contributed by atoms with Gasteiger partial charge in [-0.2, -0.15) is 5.26 Å². The molecule has 0 bridgehead atoms. The molecule has 3 heteroatoms. The lowest BCUT2D eigenvalue weighted by Gasteiger charge is -2.16. The summed E-state index contributed by atoms with van der Waals surface area (Å²) in [5.74, 6) is 0. The maximum absolute atomic E-state index is 8.89. The van der Waals surface area contributed by atoms with E-state index in [9.17, 15) is 0 Å². The second-order valence-corrected chi connectivity index (χ2v) is 4.96. The zero-order valence-corrected chi connectivity index (χ0v) is 10.7. The van der Waals surface area contributed by atoms with Crippen molar-refractivity contribution in [3.05, 3.63) is 23.5 Å². The summed E-state index contributed by atoms with van der Waals surface area (Å²) in [6.45, 7) is 9.04. The molecule has 0 unspecified atom stereocenters. The van der Waals surface area contributed by atoms with Crippen molar-refractivity contribution in [1.29, 1.82) is 5.26 Å². The van der Waals surface area contributed by atoms with Gasteiger partial charge in [0.1, 0.15) is 0 Å². The maximum atomic E-state index is 8.89. The van der Waals surface area contributed by atoms with E-state index in [0.29, 0.717) is 0 Å². The van der Waals surface area contributed by atoms with Crippen LogP contribution in [0.2, 0.25) is 0 Å². The second-order valence-electron chi connectivity index (χ2n) is 4.96. The number of nitrogens with one attached hydrogen (secondary N) is 1. The van der Waals surface area contributed by atoms with Gasteiger partial charge in [-0.05, 0) is 52.7 Å². The van der Waals surface area contributed by atoms with Gasteiger partial charge in [0.05, 0.1) is 11.5 Å². The fourth-order valence-electron chi connectivity index (χ4n) is 1.69. The second kappa shape index (κ2) is 5.07. The van der Waals surface area contributed by atoms with E-state index >= 15 is 0 Å². The highest BCUT2D eigenvalue weighted by molar-refractivity contribution is 5.15. The quantitative estimate of drug-likeness (QED) is 0.773. The highest BCUT2D eigenvalue weighted by Crippen LogP contribution is 2.20. The van der Waals surface area contributed by atoms with Gasteiger partial charge in [-0.25, -0.2) is 0 Å². The average molecular weight is 219 g/mol. The van der Waals surface area contributed by atoms with Crippen LogP contribution in [0.15, 0.2) is 12.1 Å². The molecule has 0 amide bonds. The SMILES string of the molecule is Cc1ccc(C)n1NCCCC(C)(C)C#N. The molecular formula is C13H21N3. The summed E-state index contributed by atoms with van der Waals surface area (Å²) in [4.78, 5) is 0. The van der Waals surface area contributed by atoms with E-state index in [4.69, 9.17) is 5.26 Å². The third-order valence-corrected chi connectivity index (χ3v) is 2.82. The van der Waals surface area contributed by atoms with Crippen LogP contribution in [0.25, 0.3) is 0 Å². The molecule has 3 nitrogen and oxygen atoms in total. The average Bonchev–Trinajstić information content (AvgIpc) is 2.55. The Labute approximate surface area is 98.0 Å². The fraction of sp³-hybridized carbons (Fsp3) is 0.615. The van der Waals surface area contributed by atoms with Crippen LogP contribution in [0.3, 0.4) is 0 Å². The number of aryl methyl sites for hydroxylation is 2. The zero-order valence-electron chi connectivity index (χ0n) is 10.7. The lowest BCUT2D eigenvalue weighted by Crippen LogP contribution is -2.20. The maximum Gasteiger partial charge on any atom is 0.0683 e. The van der Waals surface area contributed by atoms with Crippen molar-refractivity contribution in [1.82, 2.24) is 4.68 Å². The van der Waals surface area contributed by atoms with Crippen molar-refractivity contribution in [2.24, 2.45) is 5.41 Å². The molecule has 0 spiro atoms. The van der Waals surface area contributed by atoms with E-state index in [0.717, 1.165) is 19.4 Å². The standard InChI is InChI=1S/C13H21N3/c1-11-6-7-12(2)16(11)15-9-5-8-13(3,4)10-14/h6-7,15H,5,8-9H2,1-4H3. The Kier molecular flexibility index (Phi) is 4.00. The van der Waals surface area contributed by atoms with E-state index in [1.165, 1.54) is 11.4 Å². The highest BCUT2D eigenvalue weighted by atomic mass is 15.4. The van der Waals surface area contributed by atoms with Crippen LogP contribution in [0, 0.1) is 30.6 Å². The minimum absolute atomic E-state index is 0.206. The van der Waals surface area contributed by atoms with Crippen molar-refractivity contribution in [2.75, 3.05) is 12.0 Å². The van der Waals surface area contributed by atoms with Crippen LogP contribution < -0.4 is 5.43 Å². The van der Waals surface area contributed by atoms with Gasteiger partial charge in [0.2, 0.25) is 0 Å². The van der Waals surface area contributed by atoms with E-state index < -0.39 is 0 Å². The third kappa shape index (κ3) is 3.30. The number of hydrogen-bond acceptors (Lipinski definition) is 2. The Hall–Kier alpha value is -1.43. The topological polar surface area (TPSA) is 40.8 Å².